The molecule has 3 aromatic carbocycles. The van der Waals surface area contributed by atoms with Crippen molar-refractivity contribution in [1.29, 1.82) is 0 Å². The molecule has 1 saturated heterocycles. The van der Waals surface area contributed by atoms with Gasteiger partial charge >= 0.3 is 0 Å². The van der Waals surface area contributed by atoms with Crippen molar-refractivity contribution >= 4 is 57.6 Å². The highest BCUT2D eigenvalue weighted by molar-refractivity contribution is 8.27. The number of aryl methyl sites for hydroxylation is 2. The number of carbonyl (C=O) groups excluding carboxylic acids is 2. The van der Waals surface area contributed by atoms with Gasteiger partial charge in [0, 0.05) is 5.69 Å². The van der Waals surface area contributed by atoms with Crippen LogP contribution in [0.2, 0.25) is 0 Å². The molecule has 36 heavy (non-hydrogen) atoms. The van der Waals surface area contributed by atoms with Gasteiger partial charge in [0.1, 0.15) is 11.5 Å². The van der Waals surface area contributed by atoms with Crippen LogP contribution in [-0.2, 0) is 9.59 Å². The molecular weight excluding hydrogens is 492 g/mol. The Kier molecular flexibility index (Phi) is 8.07. The molecule has 0 bridgehead atoms. The number of ether oxygens (including phenoxy) is 2. The molecule has 0 spiro atoms. The van der Waals surface area contributed by atoms with Gasteiger partial charge in [-0.3, -0.25) is 14.5 Å². The standard InChI is InChI=1S/C28H26N2O4S2/c1-4-33-23-13-9-22(10-14-23)30-27(32)25(36-28(30)35)16-20-6-11-24(12-7-20)34-17-26(31)29-21-8-5-18(2)19(3)15-21/h5-16H,4,17H2,1-3H3,(H,29,31)/b25-16-. The fraction of sp³-hybridized carbons (Fsp3) is 0.179. The summed E-state index contributed by atoms with van der Waals surface area (Å²) in [6, 6.07) is 20.3. The Balaban J connectivity index is 1.35. The molecule has 1 fully saturated rings. The number of thioether (sulfide) groups is 1. The molecule has 184 valence electrons. The second kappa shape index (κ2) is 11.4. The molecular formula is C28H26N2O4S2. The SMILES string of the molecule is CCOc1ccc(N2C(=O)/C(=C/c3ccc(OCC(=O)Nc4ccc(C)c(C)c4)cc3)SC2=S)cc1. The molecule has 0 aliphatic carbocycles. The third-order valence-corrected chi connectivity index (χ3v) is 6.84. The molecule has 1 aliphatic rings. The number of anilines is 2. The molecule has 4 rings (SSSR count). The third kappa shape index (κ3) is 6.13. The number of nitrogens with zero attached hydrogens (tertiary/aromatic N) is 1. The molecule has 0 aromatic heterocycles. The van der Waals surface area contributed by atoms with Crippen molar-refractivity contribution in [2.45, 2.75) is 20.8 Å². The second-order valence-electron chi connectivity index (χ2n) is 8.15. The molecule has 2 amide bonds. The lowest BCUT2D eigenvalue weighted by molar-refractivity contribution is -0.118. The normalized spacial score (nSPS) is 14.3. The number of hydrogen-bond donors (Lipinski definition) is 1. The summed E-state index contributed by atoms with van der Waals surface area (Å²) in [5.41, 5.74) is 4.55. The van der Waals surface area contributed by atoms with Gasteiger partial charge in [-0.25, -0.2) is 0 Å². The zero-order chi connectivity index (χ0) is 25.7. The largest absolute Gasteiger partial charge is 0.494 e. The number of benzene rings is 3. The zero-order valence-corrected chi connectivity index (χ0v) is 21.9. The van der Waals surface area contributed by atoms with Gasteiger partial charge in [-0.1, -0.05) is 42.2 Å². The molecule has 8 heteroatoms. The van der Waals surface area contributed by atoms with Crippen molar-refractivity contribution in [2.75, 3.05) is 23.4 Å². The summed E-state index contributed by atoms with van der Waals surface area (Å²) in [6.07, 6.45) is 1.80. The Morgan fingerprint density at radius 1 is 0.972 bits per heavy atom. The average molecular weight is 519 g/mol. The maximum atomic E-state index is 13.0. The van der Waals surface area contributed by atoms with Crippen molar-refractivity contribution in [2.24, 2.45) is 0 Å². The predicted molar refractivity (Wildman–Crippen MR) is 150 cm³/mol. The number of amides is 2. The lowest BCUT2D eigenvalue weighted by atomic mass is 10.1. The highest BCUT2D eigenvalue weighted by atomic mass is 32.2. The van der Waals surface area contributed by atoms with Crippen LogP contribution >= 0.6 is 24.0 Å². The Bertz CT molecular complexity index is 1320. The monoisotopic (exact) mass is 518 g/mol. The minimum Gasteiger partial charge on any atom is -0.494 e. The van der Waals surface area contributed by atoms with Gasteiger partial charge in [0.2, 0.25) is 0 Å². The molecule has 0 saturated carbocycles. The zero-order valence-electron chi connectivity index (χ0n) is 20.2. The van der Waals surface area contributed by atoms with Crippen LogP contribution in [0, 0.1) is 13.8 Å². The number of thiocarbonyl (C=S) groups is 1. The van der Waals surface area contributed by atoms with Gasteiger partial charge in [0.15, 0.2) is 10.9 Å². The van der Waals surface area contributed by atoms with Crippen molar-refractivity contribution in [3.63, 3.8) is 0 Å². The van der Waals surface area contributed by atoms with E-state index in [0.29, 0.717) is 27.3 Å². The van der Waals surface area contributed by atoms with Crippen LogP contribution in [0.15, 0.2) is 71.6 Å². The lowest BCUT2D eigenvalue weighted by Gasteiger charge is -2.15. The highest BCUT2D eigenvalue weighted by Crippen LogP contribution is 2.36. The van der Waals surface area contributed by atoms with Crippen molar-refractivity contribution in [1.82, 2.24) is 0 Å². The number of nitrogens with one attached hydrogen (secondary N) is 1. The second-order valence-corrected chi connectivity index (χ2v) is 9.82. The Morgan fingerprint density at radius 3 is 2.31 bits per heavy atom. The van der Waals surface area contributed by atoms with E-state index in [2.05, 4.69) is 5.32 Å². The number of rotatable bonds is 8. The van der Waals surface area contributed by atoms with Crippen molar-refractivity contribution in [3.05, 3.63) is 88.3 Å². The molecule has 6 nitrogen and oxygen atoms in total. The first-order valence-electron chi connectivity index (χ1n) is 11.4. The third-order valence-electron chi connectivity index (χ3n) is 5.54. The van der Waals surface area contributed by atoms with Crippen molar-refractivity contribution < 1.29 is 19.1 Å². The molecule has 0 atom stereocenters. The van der Waals surface area contributed by atoms with Gasteiger partial charge in [-0.15, -0.1) is 0 Å². The van der Waals surface area contributed by atoms with Crippen molar-refractivity contribution in [3.8, 4) is 11.5 Å². The molecule has 0 radical (unpaired) electrons. The van der Waals surface area contributed by atoms with Crippen LogP contribution < -0.4 is 19.7 Å². The number of hydrogen-bond acceptors (Lipinski definition) is 6. The highest BCUT2D eigenvalue weighted by Gasteiger charge is 2.33. The van der Waals surface area contributed by atoms with E-state index in [-0.39, 0.29) is 18.4 Å². The first-order chi connectivity index (χ1) is 17.3. The summed E-state index contributed by atoms with van der Waals surface area (Å²) >= 11 is 6.72. The Hall–Kier alpha value is -3.62. The minimum atomic E-state index is -0.236. The molecule has 0 unspecified atom stereocenters. The van der Waals surface area contributed by atoms with E-state index in [1.165, 1.54) is 22.2 Å². The summed E-state index contributed by atoms with van der Waals surface area (Å²) in [5, 5.41) is 2.84. The predicted octanol–water partition coefficient (Wildman–Crippen LogP) is 6.13. The quantitative estimate of drug-likeness (QED) is 0.286. The van der Waals surface area contributed by atoms with E-state index in [4.69, 9.17) is 21.7 Å². The van der Waals surface area contributed by atoms with E-state index in [1.807, 2.05) is 75.4 Å². The van der Waals surface area contributed by atoms with Gasteiger partial charge in [0.05, 0.1) is 17.2 Å². The summed E-state index contributed by atoms with van der Waals surface area (Å²) in [6.45, 7) is 6.42. The van der Waals surface area contributed by atoms with Crippen LogP contribution in [0.5, 0.6) is 11.5 Å². The summed E-state index contributed by atoms with van der Waals surface area (Å²) < 4.78 is 11.6. The summed E-state index contributed by atoms with van der Waals surface area (Å²) in [4.78, 5) is 27.3. The first-order valence-corrected chi connectivity index (χ1v) is 12.7. The minimum absolute atomic E-state index is 0.104. The van der Waals surface area contributed by atoms with Gasteiger partial charge < -0.3 is 14.8 Å². The molecule has 3 aromatic rings. The van der Waals surface area contributed by atoms with Crippen LogP contribution in [0.1, 0.15) is 23.6 Å². The topological polar surface area (TPSA) is 67.9 Å². The van der Waals surface area contributed by atoms with Crippen LogP contribution in [0.25, 0.3) is 6.08 Å². The van der Waals surface area contributed by atoms with E-state index in [0.717, 1.165) is 22.6 Å². The first kappa shape index (κ1) is 25.5. The smallest absolute Gasteiger partial charge is 0.270 e. The average Bonchev–Trinajstić information content (AvgIpc) is 3.14. The summed E-state index contributed by atoms with van der Waals surface area (Å²) in [5.74, 6) is 0.898. The van der Waals surface area contributed by atoms with Gasteiger partial charge in [0.25, 0.3) is 11.8 Å². The maximum absolute atomic E-state index is 13.0. The molecule has 1 N–H and O–H groups in total. The fourth-order valence-electron chi connectivity index (χ4n) is 3.53. The van der Waals surface area contributed by atoms with Crippen LogP contribution in [0.3, 0.4) is 0 Å². The van der Waals surface area contributed by atoms with E-state index in [1.54, 1.807) is 18.2 Å². The van der Waals surface area contributed by atoms with Crippen LogP contribution in [0.4, 0.5) is 11.4 Å². The van der Waals surface area contributed by atoms with Crippen LogP contribution in [-0.4, -0.2) is 29.3 Å². The van der Waals surface area contributed by atoms with Gasteiger partial charge in [-0.2, -0.15) is 0 Å². The lowest BCUT2D eigenvalue weighted by Crippen LogP contribution is -2.27. The number of carbonyl (C=O) groups is 2. The molecule has 1 aliphatic heterocycles. The Morgan fingerprint density at radius 2 is 1.64 bits per heavy atom. The summed E-state index contributed by atoms with van der Waals surface area (Å²) in [7, 11) is 0. The van der Waals surface area contributed by atoms with E-state index < -0.39 is 0 Å². The van der Waals surface area contributed by atoms with Gasteiger partial charge in [-0.05, 0) is 92.1 Å². The van der Waals surface area contributed by atoms with E-state index >= 15 is 0 Å². The maximum Gasteiger partial charge on any atom is 0.270 e. The fourth-order valence-corrected chi connectivity index (χ4v) is 4.82. The molecule has 1 heterocycles. The Labute approximate surface area is 220 Å². The van der Waals surface area contributed by atoms with E-state index in [9.17, 15) is 9.59 Å².